The zero-order valence-corrected chi connectivity index (χ0v) is 18.4. The number of rotatable bonds is 9. The summed E-state index contributed by atoms with van der Waals surface area (Å²) < 4.78 is 19.0. The summed E-state index contributed by atoms with van der Waals surface area (Å²) in [6.45, 7) is 1.49. The van der Waals surface area contributed by atoms with Crippen molar-refractivity contribution in [3.63, 3.8) is 0 Å². The van der Waals surface area contributed by atoms with Crippen molar-refractivity contribution in [1.82, 2.24) is 9.55 Å². The molecule has 0 unspecified atom stereocenters. The molecule has 3 aromatic carbocycles. The highest BCUT2D eigenvalue weighted by Gasteiger charge is 2.14. The van der Waals surface area contributed by atoms with Gasteiger partial charge in [0.25, 0.3) is 0 Å². The first-order valence-electron chi connectivity index (χ1n) is 10.3. The first-order valence-corrected chi connectivity index (χ1v) is 10.6. The zero-order chi connectivity index (χ0) is 21.6. The molecule has 0 amide bonds. The highest BCUT2D eigenvalue weighted by Crippen LogP contribution is 2.33. The highest BCUT2D eigenvalue weighted by molar-refractivity contribution is 6.30. The van der Waals surface area contributed by atoms with Crippen LogP contribution < -0.4 is 14.2 Å². The monoisotopic (exact) mass is 436 g/mol. The molecule has 4 rings (SSSR count). The van der Waals surface area contributed by atoms with E-state index in [4.69, 9.17) is 30.8 Å². The predicted molar refractivity (Wildman–Crippen MR) is 124 cm³/mol. The Hall–Kier alpha value is -3.18. The first-order chi connectivity index (χ1) is 15.2. The number of unbranched alkanes of at least 4 members (excludes halogenated alkanes) is 1. The van der Waals surface area contributed by atoms with Crippen molar-refractivity contribution in [2.24, 2.45) is 0 Å². The first kappa shape index (κ1) is 21.1. The summed E-state index contributed by atoms with van der Waals surface area (Å²) in [6, 6.07) is 21.6. The Bertz CT molecular complexity index is 1160. The molecule has 0 fully saturated rings. The Morgan fingerprint density at radius 2 is 1.65 bits per heavy atom. The summed E-state index contributed by atoms with van der Waals surface area (Å²) in [4.78, 5) is 4.89. The van der Waals surface area contributed by atoms with Gasteiger partial charge >= 0.3 is 0 Å². The fraction of sp³-hybridized carbons (Fsp3) is 0.240. The van der Waals surface area contributed by atoms with Crippen molar-refractivity contribution in [3.05, 3.63) is 71.8 Å². The van der Waals surface area contributed by atoms with Crippen molar-refractivity contribution in [2.45, 2.75) is 19.4 Å². The molecule has 31 heavy (non-hydrogen) atoms. The SMILES string of the molecule is COc1ccc(-c2nc3ccccc3n2CCCCOc2ccc(Cl)cc2)cc1OC. The summed E-state index contributed by atoms with van der Waals surface area (Å²) in [6.07, 6.45) is 1.90. The van der Waals surface area contributed by atoms with Crippen molar-refractivity contribution >= 4 is 22.6 Å². The molecular formula is C25H25ClN2O3. The van der Waals surface area contributed by atoms with E-state index in [9.17, 15) is 0 Å². The van der Waals surface area contributed by atoms with E-state index in [1.807, 2.05) is 60.7 Å². The number of aryl methyl sites for hydroxylation is 1. The van der Waals surface area contributed by atoms with E-state index in [0.29, 0.717) is 23.1 Å². The summed E-state index contributed by atoms with van der Waals surface area (Å²) >= 11 is 5.92. The van der Waals surface area contributed by atoms with Crippen LogP contribution in [-0.4, -0.2) is 30.4 Å². The Labute approximate surface area is 187 Å². The molecule has 0 saturated heterocycles. The van der Waals surface area contributed by atoms with Crippen LogP contribution in [0, 0.1) is 0 Å². The van der Waals surface area contributed by atoms with Gasteiger partial charge in [0.2, 0.25) is 0 Å². The lowest BCUT2D eigenvalue weighted by molar-refractivity contribution is 0.303. The number of ether oxygens (including phenoxy) is 3. The van der Waals surface area contributed by atoms with Crippen LogP contribution in [0.3, 0.4) is 0 Å². The number of hydrogen-bond acceptors (Lipinski definition) is 4. The molecule has 0 aliphatic heterocycles. The van der Waals surface area contributed by atoms with Crippen LogP contribution in [0.25, 0.3) is 22.4 Å². The molecule has 0 saturated carbocycles. The van der Waals surface area contributed by atoms with Gasteiger partial charge in [-0.15, -0.1) is 0 Å². The van der Waals surface area contributed by atoms with Crippen LogP contribution in [0.4, 0.5) is 0 Å². The number of imidazole rings is 1. The summed E-state index contributed by atoms with van der Waals surface area (Å²) in [5.74, 6) is 3.15. The van der Waals surface area contributed by atoms with Crippen LogP contribution in [0.15, 0.2) is 66.7 Å². The highest BCUT2D eigenvalue weighted by atomic mass is 35.5. The Kier molecular flexibility index (Phi) is 6.63. The molecule has 0 aliphatic carbocycles. The Morgan fingerprint density at radius 1 is 0.871 bits per heavy atom. The number of para-hydroxylation sites is 2. The second-order valence-electron chi connectivity index (χ2n) is 7.16. The second kappa shape index (κ2) is 9.75. The van der Waals surface area contributed by atoms with Gasteiger partial charge in [0.1, 0.15) is 11.6 Å². The van der Waals surface area contributed by atoms with Crippen molar-refractivity contribution in [2.75, 3.05) is 20.8 Å². The molecular weight excluding hydrogens is 412 g/mol. The lowest BCUT2D eigenvalue weighted by Gasteiger charge is -2.12. The van der Waals surface area contributed by atoms with E-state index in [2.05, 4.69) is 10.6 Å². The third-order valence-corrected chi connectivity index (χ3v) is 5.41. The largest absolute Gasteiger partial charge is 0.494 e. The average Bonchev–Trinajstić information content (AvgIpc) is 3.18. The number of nitrogens with zero attached hydrogens (tertiary/aromatic N) is 2. The molecule has 160 valence electrons. The van der Waals surface area contributed by atoms with Crippen LogP contribution >= 0.6 is 11.6 Å². The van der Waals surface area contributed by atoms with E-state index in [1.54, 1.807) is 14.2 Å². The maximum Gasteiger partial charge on any atom is 0.161 e. The molecule has 1 aromatic heterocycles. The standard InChI is InChI=1S/C25H25ClN2O3/c1-29-23-14-9-18(17-24(23)30-2)25-27-21-7-3-4-8-22(21)28(25)15-5-6-16-31-20-12-10-19(26)11-13-20/h3-4,7-14,17H,5-6,15-16H2,1-2H3. The van der Waals surface area contributed by atoms with Gasteiger partial charge in [-0.05, 0) is 67.4 Å². The van der Waals surface area contributed by atoms with Crippen LogP contribution in [0.2, 0.25) is 5.02 Å². The van der Waals surface area contributed by atoms with Crippen LogP contribution in [0.1, 0.15) is 12.8 Å². The number of hydrogen-bond donors (Lipinski definition) is 0. The molecule has 6 heteroatoms. The van der Waals surface area contributed by atoms with Crippen LogP contribution in [0.5, 0.6) is 17.2 Å². The van der Waals surface area contributed by atoms with Crippen molar-refractivity contribution in [3.8, 4) is 28.6 Å². The Balaban J connectivity index is 1.51. The maximum atomic E-state index is 5.92. The molecule has 0 radical (unpaired) electrons. The normalized spacial score (nSPS) is 10.9. The van der Waals surface area contributed by atoms with Gasteiger partial charge in [-0.1, -0.05) is 23.7 Å². The molecule has 0 atom stereocenters. The lowest BCUT2D eigenvalue weighted by Crippen LogP contribution is -2.04. The molecule has 0 spiro atoms. The average molecular weight is 437 g/mol. The summed E-state index contributed by atoms with van der Waals surface area (Å²) in [5.41, 5.74) is 3.09. The molecule has 0 N–H and O–H groups in total. The van der Waals surface area contributed by atoms with E-state index < -0.39 is 0 Å². The quantitative estimate of drug-likeness (QED) is 0.291. The number of benzene rings is 3. The van der Waals surface area contributed by atoms with E-state index >= 15 is 0 Å². The lowest BCUT2D eigenvalue weighted by atomic mass is 10.2. The summed E-state index contributed by atoms with van der Waals surface area (Å²) in [5, 5.41) is 0.710. The third-order valence-electron chi connectivity index (χ3n) is 5.15. The summed E-state index contributed by atoms with van der Waals surface area (Å²) in [7, 11) is 3.28. The zero-order valence-electron chi connectivity index (χ0n) is 17.7. The van der Waals surface area contributed by atoms with Crippen LogP contribution in [-0.2, 0) is 6.54 Å². The van der Waals surface area contributed by atoms with Crippen molar-refractivity contribution < 1.29 is 14.2 Å². The molecule has 0 bridgehead atoms. The van der Waals surface area contributed by atoms with Gasteiger partial charge in [0.15, 0.2) is 11.5 Å². The molecule has 1 heterocycles. The Morgan fingerprint density at radius 3 is 2.42 bits per heavy atom. The molecule has 0 aliphatic rings. The second-order valence-corrected chi connectivity index (χ2v) is 7.59. The van der Waals surface area contributed by atoms with E-state index in [1.165, 1.54) is 0 Å². The predicted octanol–water partition coefficient (Wildman–Crippen LogP) is 6.23. The van der Waals surface area contributed by atoms with Gasteiger partial charge in [0.05, 0.1) is 31.9 Å². The number of halogens is 1. The van der Waals surface area contributed by atoms with E-state index in [-0.39, 0.29) is 0 Å². The minimum atomic E-state index is 0.653. The minimum Gasteiger partial charge on any atom is -0.494 e. The van der Waals surface area contributed by atoms with Crippen molar-refractivity contribution in [1.29, 1.82) is 0 Å². The van der Waals surface area contributed by atoms with E-state index in [0.717, 1.165) is 47.6 Å². The van der Waals surface area contributed by atoms with Gasteiger partial charge < -0.3 is 18.8 Å². The molecule has 5 nitrogen and oxygen atoms in total. The maximum absolute atomic E-state index is 5.92. The topological polar surface area (TPSA) is 45.5 Å². The molecule has 4 aromatic rings. The number of fused-ring (bicyclic) bond motifs is 1. The van der Waals surface area contributed by atoms with Gasteiger partial charge in [-0.2, -0.15) is 0 Å². The third kappa shape index (κ3) is 4.78. The smallest absolute Gasteiger partial charge is 0.161 e. The fourth-order valence-electron chi connectivity index (χ4n) is 3.59. The minimum absolute atomic E-state index is 0.653. The van der Waals surface area contributed by atoms with Gasteiger partial charge in [-0.25, -0.2) is 4.98 Å². The fourth-order valence-corrected chi connectivity index (χ4v) is 3.72. The number of aromatic nitrogens is 2. The van der Waals surface area contributed by atoms with Gasteiger partial charge in [-0.3, -0.25) is 0 Å². The van der Waals surface area contributed by atoms with Gasteiger partial charge in [0, 0.05) is 17.1 Å². The number of methoxy groups -OCH3 is 2.